The molecule has 3 rings (SSSR count). The van der Waals surface area contributed by atoms with E-state index in [0.29, 0.717) is 32.6 Å². The number of aromatic nitrogens is 1. The minimum atomic E-state index is -0.378. The molecule has 0 atom stereocenters. The van der Waals surface area contributed by atoms with Crippen LogP contribution in [0.3, 0.4) is 0 Å². The fourth-order valence-corrected chi connectivity index (χ4v) is 3.13. The minimum absolute atomic E-state index is 0.170. The van der Waals surface area contributed by atoms with Crippen molar-refractivity contribution >= 4 is 22.9 Å². The maximum Gasteiger partial charge on any atom is 0.267 e. The molecule has 7 heteroatoms. The predicted octanol–water partition coefficient (Wildman–Crippen LogP) is 4.87. The fraction of sp³-hybridized carbons (Fsp3) is 0.158. The number of aryl methyl sites for hydroxylation is 2. The predicted molar refractivity (Wildman–Crippen MR) is 96.7 cm³/mol. The molecule has 26 heavy (non-hydrogen) atoms. The first-order chi connectivity index (χ1) is 12.4. The molecule has 0 bridgehead atoms. The number of amides is 1. The van der Waals surface area contributed by atoms with Gasteiger partial charge < -0.3 is 10.1 Å². The fourth-order valence-electron chi connectivity index (χ4n) is 2.26. The van der Waals surface area contributed by atoms with Gasteiger partial charge in [0.25, 0.3) is 5.91 Å². The highest BCUT2D eigenvalue weighted by Gasteiger charge is 2.16. The number of ether oxygens (including phenoxy) is 1. The monoisotopic (exact) mass is 374 g/mol. The van der Waals surface area contributed by atoms with Crippen molar-refractivity contribution in [2.24, 2.45) is 0 Å². The zero-order valence-electron chi connectivity index (χ0n) is 14.2. The molecule has 1 aromatic heterocycles. The number of thiazole rings is 1. The SMILES string of the molecule is Cc1ccc(NC(=O)c2sc(COc3ccc(F)cc3)nc2C)cc1F. The highest BCUT2D eigenvalue weighted by atomic mass is 32.1. The summed E-state index contributed by atoms with van der Waals surface area (Å²) in [5, 5.41) is 3.29. The summed E-state index contributed by atoms with van der Waals surface area (Å²) in [5.41, 5.74) is 1.46. The number of benzene rings is 2. The van der Waals surface area contributed by atoms with Gasteiger partial charge in [0, 0.05) is 5.69 Å². The van der Waals surface area contributed by atoms with Gasteiger partial charge in [-0.05, 0) is 55.8 Å². The number of hydrogen-bond donors (Lipinski definition) is 1. The number of nitrogens with zero attached hydrogens (tertiary/aromatic N) is 1. The molecular weight excluding hydrogens is 358 g/mol. The summed E-state index contributed by atoms with van der Waals surface area (Å²) in [4.78, 5) is 17.2. The van der Waals surface area contributed by atoms with Gasteiger partial charge in [-0.3, -0.25) is 4.79 Å². The topological polar surface area (TPSA) is 51.2 Å². The molecule has 0 unspecified atom stereocenters. The summed E-state index contributed by atoms with van der Waals surface area (Å²) in [7, 11) is 0. The van der Waals surface area contributed by atoms with Crippen molar-refractivity contribution in [1.82, 2.24) is 4.98 Å². The maximum atomic E-state index is 13.6. The van der Waals surface area contributed by atoms with E-state index in [0.717, 1.165) is 0 Å². The van der Waals surface area contributed by atoms with Gasteiger partial charge in [0.2, 0.25) is 0 Å². The highest BCUT2D eigenvalue weighted by molar-refractivity contribution is 7.13. The summed E-state index contributed by atoms with van der Waals surface area (Å²) in [6.45, 7) is 3.55. The Hall–Kier alpha value is -2.80. The van der Waals surface area contributed by atoms with Crippen molar-refractivity contribution in [2.75, 3.05) is 5.32 Å². The van der Waals surface area contributed by atoms with Crippen LogP contribution >= 0.6 is 11.3 Å². The van der Waals surface area contributed by atoms with Crippen molar-refractivity contribution in [3.63, 3.8) is 0 Å². The minimum Gasteiger partial charge on any atom is -0.486 e. The van der Waals surface area contributed by atoms with E-state index in [1.807, 2.05) is 0 Å². The molecule has 0 aliphatic carbocycles. The Kier molecular flexibility index (Phi) is 5.27. The van der Waals surface area contributed by atoms with E-state index in [4.69, 9.17) is 4.74 Å². The van der Waals surface area contributed by atoms with Crippen LogP contribution in [0.25, 0.3) is 0 Å². The van der Waals surface area contributed by atoms with Crippen LogP contribution in [0.1, 0.15) is 25.9 Å². The van der Waals surface area contributed by atoms with Gasteiger partial charge in [-0.2, -0.15) is 0 Å². The van der Waals surface area contributed by atoms with Crippen molar-refractivity contribution < 1.29 is 18.3 Å². The average Bonchev–Trinajstić information content (AvgIpc) is 2.98. The van der Waals surface area contributed by atoms with Crippen LogP contribution in [0, 0.1) is 25.5 Å². The number of nitrogens with one attached hydrogen (secondary N) is 1. The normalized spacial score (nSPS) is 10.6. The van der Waals surface area contributed by atoms with Crippen LogP contribution in [-0.4, -0.2) is 10.9 Å². The standard InChI is InChI=1S/C19H16F2N2O2S/c1-11-3-6-14(9-16(11)21)23-19(24)18-12(2)22-17(26-18)10-25-15-7-4-13(20)5-8-15/h3-9H,10H2,1-2H3,(H,23,24). The maximum absolute atomic E-state index is 13.6. The van der Waals surface area contributed by atoms with E-state index in [2.05, 4.69) is 10.3 Å². The first-order valence-corrected chi connectivity index (χ1v) is 8.66. The second-order valence-corrected chi connectivity index (χ2v) is 6.77. The van der Waals surface area contributed by atoms with Gasteiger partial charge in [0.1, 0.15) is 33.9 Å². The highest BCUT2D eigenvalue weighted by Crippen LogP contribution is 2.22. The molecule has 134 valence electrons. The molecule has 0 fully saturated rings. The lowest BCUT2D eigenvalue weighted by Gasteiger charge is -2.05. The lowest BCUT2D eigenvalue weighted by molar-refractivity contribution is 0.103. The van der Waals surface area contributed by atoms with E-state index in [1.165, 1.54) is 41.7 Å². The Morgan fingerprint density at radius 2 is 1.88 bits per heavy atom. The average molecular weight is 374 g/mol. The Morgan fingerprint density at radius 1 is 1.15 bits per heavy atom. The number of carbonyl (C=O) groups is 1. The molecule has 4 nitrogen and oxygen atoms in total. The van der Waals surface area contributed by atoms with E-state index >= 15 is 0 Å². The van der Waals surface area contributed by atoms with Crippen LogP contribution in [0.5, 0.6) is 5.75 Å². The van der Waals surface area contributed by atoms with Gasteiger partial charge in [0.15, 0.2) is 0 Å². The molecule has 1 N–H and O–H groups in total. The lowest BCUT2D eigenvalue weighted by atomic mass is 10.2. The Balaban J connectivity index is 1.67. The third-order valence-corrected chi connectivity index (χ3v) is 4.78. The number of anilines is 1. The van der Waals surface area contributed by atoms with Crippen molar-refractivity contribution in [3.8, 4) is 5.75 Å². The van der Waals surface area contributed by atoms with E-state index in [1.54, 1.807) is 26.0 Å². The quantitative estimate of drug-likeness (QED) is 0.693. The summed E-state index contributed by atoms with van der Waals surface area (Å²) in [5.74, 6) is -0.553. The van der Waals surface area contributed by atoms with Gasteiger partial charge in [0.05, 0.1) is 5.69 Å². The zero-order chi connectivity index (χ0) is 18.7. The molecule has 1 heterocycles. The smallest absolute Gasteiger partial charge is 0.267 e. The van der Waals surface area contributed by atoms with E-state index in [9.17, 15) is 13.6 Å². The van der Waals surface area contributed by atoms with Gasteiger partial charge in [-0.15, -0.1) is 11.3 Å². The summed E-state index contributed by atoms with van der Waals surface area (Å²) in [6, 6.07) is 10.2. The molecule has 2 aromatic carbocycles. The van der Waals surface area contributed by atoms with E-state index < -0.39 is 0 Å². The number of rotatable bonds is 5. The van der Waals surface area contributed by atoms with Crippen LogP contribution in [0.15, 0.2) is 42.5 Å². The molecule has 3 aromatic rings. The number of carbonyl (C=O) groups excluding carboxylic acids is 1. The summed E-state index contributed by atoms with van der Waals surface area (Å²) < 4.78 is 32.0. The largest absolute Gasteiger partial charge is 0.486 e. The molecule has 0 saturated heterocycles. The molecule has 0 aliphatic rings. The van der Waals surface area contributed by atoms with Crippen molar-refractivity contribution in [3.05, 3.63) is 75.2 Å². The third-order valence-electron chi connectivity index (χ3n) is 3.65. The molecule has 0 spiro atoms. The van der Waals surface area contributed by atoms with Crippen molar-refractivity contribution in [1.29, 1.82) is 0 Å². The van der Waals surface area contributed by atoms with Gasteiger partial charge >= 0.3 is 0 Å². The molecule has 0 saturated carbocycles. The first kappa shape index (κ1) is 18.0. The Labute approximate surface area is 153 Å². The Morgan fingerprint density at radius 3 is 2.58 bits per heavy atom. The second-order valence-electron chi connectivity index (χ2n) is 5.68. The number of halogens is 2. The van der Waals surface area contributed by atoms with Gasteiger partial charge in [-0.25, -0.2) is 13.8 Å². The van der Waals surface area contributed by atoms with Crippen LogP contribution in [0.2, 0.25) is 0 Å². The van der Waals surface area contributed by atoms with Crippen molar-refractivity contribution in [2.45, 2.75) is 20.5 Å². The molecule has 0 aliphatic heterocycles. The summed E-state index contributed by atoms with van der Waals surface area (Å²) in [6.07, 6.45) is 0. The van der Waals surface area contributed by atoms with Crippen LogP contribution in [-0.2, 0) is 6.61 Å². The van der Waals surface area contributed by atoms with Crippen LogP contribution < -0.4 is 10.1 Å². The van der Waals surface area contributed by atoms with E-state index in [-0.39, 0.29) is 24.1 Å². The summed E-state index contributed by atoms with van der Waals surface area (Å²) >= 11 is 1.20. The zero-order valence-corrected chi connectivity index (χ0v) is 15.0. The van der Waals surface area contributed by atoms with Crippen LogP contribution in [0.4, 0.5) is 14.5 Å². The number of hydrogen-bond acceptors (Lipinski definition) is 4. The molecule has 0 radical (unpaired) electrons. The third kappa shape index (κ3) is 4.23. The second kappa shape index (κ2) is 7.61. The van der Waals surface area contributed by atoms with Gasteiger partial charge in [-0.1, -0.05) is 6.07 Å². The first-order valence-electron chi connectivity index (χ1n) is 7.84. The Bertz CT molecular complexity index is 939. The molecule has 1 amide bonds. The molecular formula is C19H16F2N2O2S. The lowest BCUT2D eigenvalue weighted by Crippen LogP contribution is -2.11.